The maximum absolute atomic E-state index is 12.5. The number of hydrogen-bond acceptors (Lipinski definition) is 5. The number of nitrogens with one attached hydrogen (secondary N) is 1. The molecule has 2 aromatic carbocycles. The molecule has 164 valence electrons. The monoisotopic (exact) mass is 422 g/mol. The molecule has 2 rings (SSSR count). The zero-order valence-electron chi connectivity index (χ0n) is 18.4. The number of carbonyl (C=O) groups is 1. The first-order valence-electron chi connectivity index (χ1n) is 10.6. The second kappa shape index (κ2) is 13.0. The number of anilines is 1. The van der Waals surface area contributed by atoms with Gasteiger partial charge >= 0.3 is 0 Å². The van der Waals surface area contributed by atoms with Crippen LogP contribution >= 0.6 is 0 Å². The van der Waals surface area contributed by atoms with Crippen molar-refractivity contribution in [3.8, 4) is 23.3 Å². The third-order valence-electron chi connectivity index (χ3n) is 4.54. The highest BCUT2D eigenvalue weighted by Crippen LogP contribution is 2.29. The highest BCUT2D eigenvalue weighted by atomic mass is 16.5. The number of methoxy groups -OCH3 is 1. The van der Waals surface area contributed by atoms with E-state index in [2.05, 4.69) is 12.2 Å². The Labute approximate surface area is 184 Å². The average Bonchev–Trinajstić information content (AvgIpc) is 2.79. The molecule has 0 fully saturated rings. The van der Waals surface area contributed by atoms with Crippen LogP contribution in [-0.4, -0.2) is 26.2 Å². The van der Waals surface area contributed by atoms with Gasteiger partial charge in [-0.05, 0) is 61.4 Å². The van der Waals surface area contributed by atoms with E-state index in [4.69, 9.17) is 14.2 Å². The molecule has 0 aromatic heterocycles. The molecule has 0 spiro atoms. The van der Waals surface area contributed by atoms with Crippen LogP contribution in [0.15, 0.2) is 48.0 Å². The number of benzene rings is 2. The predicted molar refractivity (Wildman–Crippen MR) is 122 cm³/mol. The highest BCUT2D eigenvalue weighted by Gasteiger charge is 2.11. The first kappa shape index (κ1) is 23.8. The summed E-state index contributed by atoms with van der Waals surface area (Å²) in [5.74, 6) is 1.44. The van der Waals surface area contributed by atoms with E-state index in [-0.39, 0.29) is 5.57 Å². The molecule has 0 atom stereocenters. The fraction of sp³-hybridized carbons (Fsp3) is 0.360. The third-order valence-corrected chi connectivity index (χ3v) is 4.54. The topological polar surface area (TPSA) is 80.6 Å². The van der Waals surface area contributed by atoms with Crippen molar-refractivity contribution < 1.29 is 19.0 Å². The van der Waals surface area contributed by atoms with Crippen LogP contribution in [0.5, 0.6) is 17.2 Å². The van der Waals surface area contributed by atoms with Gasteiger partial charge in [-0.3, -0.25) is 4.79 Å². The lowest BCUT2D eigenvalue weighted by Crippen LogP contribution is -2.13. The van der Waals surface area contributed by atoms with Crippen molar-refractivity contribution in [2.24, 2.45) is 0 Å². The van der Waals surface area contributed by atoms with Gasteiger partial charge in [-0.1, -0.05) is 32.3 Å². The number of rotatable bonds is 12. The van der Waals surface area contributed by atoms with Gasteiger partial charge in [0.2, 0.25) is 0 Å². The first-order valence-corrected chi connectivity index (χ1v) is 10.6. The van der Waals surface area contributed by atoms with Crippen molar-refractivity contribution in [2.75, 3.05) is 25.6 Å². The number of nitriles is 1. The summed E-state index contributed by atoms with van der Waals surface area (Å²) in [6.07, 6.45) is 6.02. The van der Waals surface area contributed by atoms with E-state index >= 15 is 0 Å². The summed E-state index contributed by atoms with van der Waals surface area (Å²) in [5, 5.41) is 12.2. The molecule has 0 saturated carbocycles. The van der Waals surface area contributed by atoms with Gasteiger partial charge < -0.3 is 19.5 Å². The number of hydrogen-bond donors (Lipinski definition) is 1. The largest absolute Gasteiger partial charge is 0.494 e. The summed E-state index contributed by atoms with van der Waals surface area (Å²) >= 11 is 0. The van der Waals surface area contributed by atoms with Crippen molar-refractivity contribution in [3.05, 3.63) is 53.6 Å². The van der Waals surface area contributed by atoms with Crippen LogP contribution in [0.25, 0.3) is 6.08 Å². The Bertz CT molecular complexity index is 914. The molecule has 1 N–H and O–H groups in total. The van der Waals surface area contributed by atoms with E-state index < -0.39 is 5.91 Å². The Kier molecular flexibility index (Phi) is 9.96. The second-order valence-corrected chi connectivity index (χ2v) is 6.90. The lowest BCUT2D eigenvalue weighted by Gasteiger charge is -2.11. The molecule has 2 aromatic rings. The molecule has 0 aliphatic carbocycles. The van der Waals surface area contributed by atoms with Gasteiger partial charge in [-0.15, -0.1) is 0 Å². The smallest absolute Gasteiger partial charge is 0.266 e. The fourth-order valence-electron chi connectivity index (χ4n) is 2.92. The fourth-order valence-corrected chi connectivity index (χ4v) is 2.92. The maximum Gasteiger partial charge on any atom is 0.266 e. The SMILES string of the molecule is CCCCCCOc1ccc(/C=C(\C#N)C(=O)Nc2ccc(OCC)cc2)cc1OC. The minimum Gasteiger partial charge on any atom is -0.494 e. The van der Waals surface area contributed by atoms with E-state index in [1.54, 1.807) is 49.6 Å². The molecular formula is C25H30N2O4. The van der Waals surface area contributed by atoms with E-state index in [0.29, 0.717) is 36.0 Å². The molecule has 31 heavy (non-hydrogen) atoms. The lowest BCUT2D eigenvalue weighted by molar-refractivity contribution is -0.112. The van der Waals surface area contributed by atoms with Crippen molar-refractivity contribution in [3.63, 3.8) is 0 Å². The molecule has 0 aliphatic heterocycles. The first-order chi connectivity index (χ1) is 15.1. The standard InChI is InChI=1S/C25H30N2O4/c1-4-6-7-8-15-31-23-14-9-19(17-24(23)29-3)16-20(18-26)25(28)27-21-10-12-22(13-11-21)30-5-2/h9-14,16-17H,4-8,15H2,1-3H3,(H,27,28)/b20-16+. The Morgan fingerprint density at radius 3 is 2.45 bits per heavy atom. The zero-order chi connectivity index (χ0) is 22.5. The maximum atomic E-state index is 12.5. The van der Waals surface area contributed by atoms with Crippen molar-refractivity contribution in [1.29, 1.82) is 5.26 Å². The Hall–Kier alpha value is -3.46. The molecule has 0 aliphatic rings. The van der Waals surface area contributed by atoms with Gasteiger partial charge in [0, 0.05) is 5.69 Å². The number of unbranched alkanes of at least 4 members (excludes halogenated alkanes) is 3. The van der Waals surface area contributed by atoms with Crippen LogP contribution in [-0.2, 0) is 4.79 Å². The molecular weight excluding hydrogens is 392 g/mol. The van der Waals surface area contributed by atoms with Crippen LogP contribution in [0.1, 0.15) is 45.1 Å². The molecule has 0 radical (unpaired) electrons. The van der Waals surface area contributed by atoms with E-state index in [9.17, 15) is 10.1 Å². The number of ether oxygens (including phenoxy) is 3. The molecule has 0 unspecified atom stereocenters. The molecule has 0 bridgehead atoms. The van der Waals surface area contributed by atoms with Crippen molar-refractivity contribution >= 4 is 17.7 Å². The minimum absolute atomic E-state index is 0.0100. The van der Waals surface area contributed by atoms with Gasteiger partial charge in [0.15, 0.2) is 11.5 Å². The highest BCUT2D eigenvalue weighted by molar-refractivity contribution is 6.09. The van der Waals surface area contributed by atoms with Crippen LogP contribution in [0, 0.1) is 11.3 Å². The van der Waals surface area contributed by atoms with Crippen LogP contribution in [0.4, 0.5) is 5.69 Å². The summed E-state index contributed by atoms with van der Waals surface area (Å²) in [4.78, 5) is 12.5. The van der Waals surface area contributed by atoms with Gasteiger partial charge in [0.1, 0.15) is 17.4 Å². The second-order valence-electron chi connectivity index (χ2n) is 6.90. The van der Waals surface area contributed by atoms with Gasteiger partial charge in [-0.2, -0.15) is 5.26 Å². The van der Waals surface area contributed by atoms with Gasteiger partial charge in [-0.25, -0.2) is 0 Å². The average molecular weight is 423 g/mol. The Morgan fingerprint density at radius 1 is 1.03 bits per heavy atom. The minimum atomic E-state index is -0.484. The van der Waals surface area contributed by atoms with Crippen LogP contribution < -0.4 is 19.5 Å². The molecule has 0 heterocycles. The number of nitrogens with zero attached hydrogens (tertiary/aromatic N) is 1. The molecule has 6 heteroatoms. The van der Waals surface area contributed by atoms with E-state index in [1.165, 1.54) is 18.9 Å². The van der Waals surface area contributed by atoms with Crippen molar-refractivity contribution in [2.45, 2.75) is 39.5 Å². The summed E-state index contributed by atoms with van der Waals surface area (Å²) in [5.41, 5.74) is 1.25. The molecule has 1 amide bonds. The predicted octanol–water partition coefficient (Wildman–Crippen LogP) is 5.60. The van der Waals surface area contributed by atoms with Gasteiger partial charge in [0.25, 0.3) is 5.91 Å². The Balaban J connectivity index is 2.06. The molecule has 0 saturated heterocycles. The third kappa shape index (κ3) is 7.71. The zero-order valence-corrected chi connectivity index (χ0v) is 18.4. The van der Waals surface area contributed by atoms with E-state index in [1.807, 2.05) is 13.0 Å². The molecule has 6 nitrogen and oxygen atoms in total. The Morgan fingerprint density at radius 2 is 1.81 bits per heavy atom. The van der Waals surface area contributed by atoms with Gasteiger partial charge in [0.05, 0.1) is 20.3 Å². The summed E-state index contributed by atoms with van der Waals surface area (Å²) in [7, 11) is 1.57. The van der Waals surface area contributed by atoms with Crippen molar-refractivity contribution in [1.82, 2.24) is 0 Å². The lowest BCUT2D eigenvalue weighted by atomic mass is 10.1. The summed E-state index contributed by atoms with van der Waals surface area (Å²) < 4.78 is 16.6. The summed E-state index contributed by atoms with van der Waals surface area (Å²) in [6.45, 7) is 5.27. The number of amides is 1. The van der Waals surface area contributed by atoms with Crippen LogP contribution in [0.3, 0.4) is 0 Å². The number of carbonyl (C=O) groups excluding carboxylic acids is 1. The quantitative estimate of drug-likeness (QED) is 0.274. The van der Waals surface area contributed by atoms with Crippen LogP contribution in [0.2, 0.25) is 0 Å². The normalized spacial score (nSPS) is 10.8. The summed E-state index contributed by atoms with van der Waals surface area (Å²) in [6, 6.07) is 14.3. The van der Waals surface area contributed by atoms with E-state index in [0.717, 1.165) is 18.6 Å².